The molecule has 1 aliphatic heterocycles. The number of rotatable bonds is 5. The van der Waals surface area contributed by atoms with Gasteiger partial charge in [-0.05, 0) is 30.9 Å². The molecule has 1 fully saturated rings. The number of hydrogen-bond donors (Lipinski definition) is 1. The molecule has 1 aromatic carbocycles. The number of alkyl halides is 3. The Kier molecular flexibility index (Phi) is 6.80. The number of thiazole rings is 1. The first-order chi connectivity index (χ1) is 14.1. The summed E-state index contributed by atoms with van der Waals surface area (Å²) in [6, 6.07) is 4.85. The number of benzene rings is 1. The molecule has 0 spiro atoms. The summed E-state index contributed by atoms with van der Waals surface area (Å²) >= 11 is 1.13. The maximum absolute atomic E-state index is 12.9. The number of amides is 2. The van der Waals surface area contributed by atoms with Gasteiger partial charge in [0, 0.05) is 36.5 Å². The van der Waals surface area contributed by atoms with Gasteiger partial charge in [0.1, 0.15) is 10.7 Å². The van der Waals surface area contributed by atoms with Gasteiger partial charge in [0.2, 0.25) is 5.91 Å². The van der Waals surface area contributed by atoms with Gasteiger partial charge in [-0.15, -0.1) is 11.3 Å². The van der Waals surface area contributed by atoms with Gasteiger partial charge in [-0.3, -0.25) is 9.59 Å². The first kappa shape index (κ1) is 22.3. The average Bonchev–Trinajstić information content (AvgIpc) is 3.18. The first-order valence-electron chi connectivity index (χ1n) is 9.85. The van der Waals surface area contributed by atoms with Gasteiger partial charge < -0.3 is 10.2 Å². The molecule has 0 radical (unpaired) electrons. The van der Waals surface area contributed by atoms with Crippen LogP contribution in [0.5, 0.6) is 0 Å². The lowest BCUT2D eigenvalue weighted by molar-refractivity contribution is -0.137. The molecule has 1 aromatic heterocycles. The molecule has 0 unspecified atom stereocenters. The molecule has 30 heavy (non-hydrogen) atoms. The zero-order valence-electron chi connectivity index (χ0n) is 16.8. The Bertz CT molecular complexity index is 903. The highest BCUT2D eigenvalue weighted by atomic mass is 32.1. The van der Waals surface area contributed by atoms with Gasteiger partial charge in [-0.1, -0.05) is 26.0 Å². The monoisotopic (exact) mass is 439 g/mol. The van der Waals surface area contributed by atoms with Gasteiger partial charge in [0.05, 0.1) is 5.56 Å². The molecule has 1 aliphatic rings. The van der Waals surface area contributed by atoms with Crippen LogP contribution in [-0.2, 0) is 11.0 Å². The van der Waals surface area contributed by atoms with E-state index in [4.69, 9.17) is 0 Å². The summed E-state index contributed by atoms with van der Waals surface area (Å²) in [6.45, 7) is 5.21. The lowest BCUT2D eigenvalue weighted by atomic mass is 10.0. The first-order valence-corrected chi connectivity index (χ1v) is 10.7. The molecule has 2 heterocycles. The summed E-state index contributed by atoms with van der Waals surface area (Å²) in [6.07, 6.45) is -2.58. The van der Waals surface area contributed by atoms with Crippen LogP contribution in [0.25, 0.3) is 10.6 Å². The van der Waals surface area contributed by atoms with E-state index in [1.807, 2.05) is 18.7 Å². The average molecular weight is 440 g/mol. The van der Waals surface area contributed by atoms with Crippen LogP contribution in [0.3, 0.4) is 0 Å². The molecule has 1 N–H and O–H groups in total. The fourth-order valence-electron chi connectivity index (χ4n) is 3.35. The summed E-state index contributed by atoms with van der Waals surface area (Å²) in [5.41, 5.74) is -0.239. The number of carbonyl (C=O) groups is 2. The van der Waals surface area contributed by atoms with Gasteiger partial charge in [0.25, 0.3) is 5.91 Å². The van der Waals surface area contributed by atoms with Crippen molar-refractivity contribution >= 4 is 23.2 Å². The third-order valence-corrected chi connectivity index (χ3v) is 5.83. The number of nitrogens with zero attached hydrogens (tertiary/aromatic N) is 2. The molecule has 162 valence electrons. The predicted molar refractivity (Wildman–Crippen MR) is 109 cm³/mol. The second-order valence-corrected chi connectivity index (χ2v) is 8.70. The number of piperidine rings is 1. The fourth-order valence-corrected chi connectivity index (χ4v) is 4.15. The number of hydrogen-bond acceptors (Lipinski definition) is 4. The Hall–Kier alpha value is -2.42. The van der Waals surface area contributed by atoms with Crippen molar-refractivity contribution in [3.05, 3.63) is 40.9 Å². The van der Waals surface area contributed by atoms with Crippen LogP contribution < -0.4 is 5.32 Å². The van der Waals surface area contributed by atoms with E-state index in [-0.39, 0.29) is 23.6 Å². The van der Waals surface area contributed by atoms with E-state index in [0.29, 0.717) is 48.8 Å². The Morgan fingerprint density at radius 1 is 1.27 bits per heavy atom. The van der Waals surface area contributed by atoms with E-state index in [0.717, 1.165) is 23.5 Å². The quantitative estimate of drug-likeness (QED) is 0.741. The molecule has 2 aromatic rings. The van der Waals surface area contributed by atoms with Crippen molar-refractivity contribution in [2.24, 2.45) is 5.92 Å². The van der Waals surface area contributed by atoms with Crippen molar-refractivity contribution < 1.29 is 22.8 Å². The van der Waals surface area contributed by atoms with Crippen LogP contribution in [0.15, 0.2) is 29.6 Å². The minimum absolute atomic E-state index is 0.0562. The molecule has 0 saturated carbocycles. The third-order valence-electron chi connectivity index (χ3n) is 4.94. The zero-order chi connectivity index (χ0) is 21.9. The Morgan fingerprint density at radius 2 is 1.97 bits per heavy atom. The van der Waals surface area contributed by atoms with Crippen molar-refractivity contribution in [3.8, 4) is 10.6 Å². The number of carbonyl (C=O) groups excluding carboxylic acids is 2. The minimum atomic E-state index is -4.43. The highest BCUT2D eigenvalue weighted by Crippen LogP contribution is 2.33. The van der Waals surface area contributed by atoms with E-state index < -0.39 is 11.7 Å². The molecule has 9 heteroatoms. The van der Waals surface area contributed by atoms with E-state index in [1.54, 1.807) is 11.4 Å². The van der Waals surface area contributed by atoms with E-state index >= 15 is 0 Å². The summed E-state index contributed by atoms with van der Waals surface area (Å²) < 4.78 is 38.7. The van der Waals surface area contributed by atoms with Crippen molar-refractivity contribution in [1.82, 2.24) is 15.2 Å². The van der Waals surface area contributed by atoms with Crippen molar-refractivity contribution in [2.75, 3.05) is 13.1 Å². The van der Waals surface area contributed by atoms with Crippen molar-refractivity contribution in [2.45, 2.75) is 45.3 Å². The largest absolute Gasteiger partial charge is 0.416 e. The Labute approximate surface area is 177 Å². The van der Waals surface area contributed by atoms with Crippen LogP contribution >= 0.6 is 11.3 Å². The maximum atomic E-state index is 12.9. The topological polar surface area (TPSA) is 62.3 Å². The number of likely N-dealkylation sites (tertiary alicyclic amines) is 1. The highest BCUT2D eigenvalue weighted by molar-refractivity contribution is 7.13. The van der Waals surface area contributed by atoms with Crippen LogP contribution in [0.2, 0.25) is 0 Å². The van der Waals surface area contributed by atoms with Gasteiger partial charge in [-0.2, -0.15) is 13.2 Å². The Morgan fingerprint density at radius 3 is 2.60 bits per heavy atom. The number of nitrogens with one attached hydrogen (secondary N) is 1. The molecular formula is C21H24F3N3O2S. The van der Waals surface area contributed by atoms with Gasteiger partial charge in [-0.25, -0.2) is 4.98 Å². The molecule has 0 bridgehead atoms. The van der Waals surface area contributed by atoms with Gasteiger partial charge >= 0.3 is 6.18 Å². The lowest BCUT2D eigenvalue weighted by Crippen LogP contribution is -2.46. The van der Waals surface area contributed by atoms with Crippen LogP contribution in [0.1, 0.15) is 49.2 Å². The summed E-state index contributed by atoms with van der Waals surface area (Å²) in [5.74, 6) is 0.0991. The summed E-state index contributed by atoms with van der Waals surface area (Å²) in [7, 11) is 0. The van der Waals surface area contributed by atoms with Crippen LogP contribution in [0, 0.1) is 5.92 Å². The predicted octanol–water partition coefficient (Wildman–Crippen LogP) is 4.60. The van der Waals surface area contributed by atoms with Crippen molar-refractivity contribution in [3.63, 3.8) is 0 Å². The molecule has 0 aliphatic carbocycles. The molecular weight excluding hydrogens is 415 g/mol. The molecule has 3 rings (SSSR count). The highest BCUT2D eigenvalue weighted by Gasteiger charge is 2.31. The van der Waals surface area contributed by atoms with Crippen LogP contribution in [-0.4, -0.2) is 40.8 Å². The van der Waals surface area contributed by atoms with Crippen molar-refractivity contribution in [1.29, 1.82) is 0 Å². The summed E-state index contributed by atoms with van der Waals surface area (Å²) in [5, 5.41) is 4.83. The SMILES string of the molecule is CC(C)CC(=O)N1CCC(NC(=O)c2csc(-c3cccc(C(F)(F)F)c3)n2)CC1. The third kappa shape index (κ3) is 5.59. The molecule has 2 amide bonds. The number of halogens is 3. The van der Waals surface area contributed by atoms with Crippen LogP contribution in [0.4, 0.5) is 13.2 Å². The maximum Gasteiger partial charge on any atom is 0.416 e. The fraction of sp³-hybridized carbons (Fsp3) is 0.476. The van der Waals surface area contributed by atoms with E-state index in [1.165, 1.54) is 6.07 Å². The molecule has 0 atom stereocenters. The zero-order valence-corrected chi connectivity index (χ0v) is 17.6. The Balaban J connectivity index is 1.58. The second-order valence-electron chi connectivity index (χ2n) is 7.84. The van der Waals surface area contributed by atoms with Gasteiger partial charge in [0.15, 0.2) is 0 Å². The molecule has 1 saturated heterocycles. The number of aromatic nitrogens is 1. The lowest BCUT2D eigenvalue weighted by Gasteiger charge is -2.32. The van der Waals surface area contributed by atoms with E-state index in [2.05, 4.69) is 10.3 Å². The normalized spacial score (nSPS) is 15.5. The molecule has 5 nitrogen and oxygen atoms in total. The standard InChI is InChI=1S/C21H24F3N3O2S/c1-13(2)10-18(28)27-8-6-16(7-9-27)25-19(29)17-12-30-20(26-17)14-4-3-5-15(11-14)21(22,23)24/h3-5,11-13,16H,6-10H2,1-2H3,(H,25,29). The smallest absolute Gasteiger partial charge is 0.348 e. The van der Waals surface area contributed by atoms with E-state index in [9.17, 15) is 22.8 Å². The summed E-state index contributed by atoms with van der Waals surface area (Å²) in [4.78, 5) is 30.7. The second kappa shape index (κ2) is 9.16. The minimum Gasteiger partial charge on any atom is -0.348 e.